The topological polar surface area (TPSA) is 21.6 Å². The Morgan fingerprint density at radius 2 is 1.95 bits per heavy atom. The molecule has 2 aromatic rings. The van der Waals surface area contributed by atoms with E-state index >= 15 is 0 Å². The van der Waals surface area contributed by atoms with Crippen molar-refractivity contribution < 1.29 is 4.43 Å². The summed E-state index contributed by atoms with van der Waals surface area (Å²) in [5.74, 6) is 0.900. The summed E-state index contributed by atoms with van der Waals surface area (Å²) in [6, 6.07) is 8.33. The number of nitrogens with zero attached hydrogens (tertiary/aromatic N) is 1. The van der Waals surface area contributed by atoms with Crippen molar-refractivity contribution in [3.8, 4) is 5.75 Å². The Kier molecular flexibility index (Phi) is 4.78. The second-order valence-electron chi connectivity index (χ2n) is 5.11. The molecule has 2 nitrogen and oxygen atoms in total. The van der Waals surface area contributed by atoms with E-state index in [2.05, 4.69) is 57.4 Å². The standard InChI is InChI=1S/C16H20NOSSi/c1-11-6-7-14(15(10-11)18-20(4)5)17-13(3)16-12(2)8-9-19-16/h6-10H,1-5H3. The van der Waals surface area contributed by atoms with Crippen LogP contribution < -0.4 is 4.43 Å². The minimum absolute atomic E-state index is 0.789. The van der Waals surface area contributed by atoms with Gasteiger partial charge in [-0.25, -0.2) is 4.99 Å². The molecule has 1 aromatic heterocycles. The lowest BCUT2D eigenvalue weighted by Gasteiger charge is -2.12. The zero-order valence-electron chi connectivity index (χ0n) is 12.7. The van der Waals surface area contributed by atoms with Crippen LogP contribution in [0.1, 0.15) is 22.9 Å². The molecule has 0 spiro atoms. The lowest BCUT2D eigenvalue weighted by atomic mass is 10.2. The molecule has 20 heavy (non-hydrogen) atoms. The summed E-state index contributed by atoms with van der Waals surface area (Å²) in [4.78, 5) is 6.02. The van der Waals surface area contributed by atoms with Crippen molar-refractivity contribution in [2.24, 2.45) is 4.99 Å². The smallest absolute Gasteiger partial charge is 0.274 e. The number of thiophene rings is 1. The van der Waals surface area contributed by atoms with Crippen LogP contribution in [0.5, 0.6) is 5.75 Å². The molecule has 0 saturated carbocycles. The summed E-state index contributed by atoms with van der Waals surface area (Å²) in [7, 11) is -0.789. The highest BCUT2D eigenvalue weighted by Gasteiger charge is 2.09. The molecular formula is C16H20NOSSi. The normalized spacial score (nSPS) is 12.0. The van der Waals surface area contributed by atoms with Crippen LogP contribution in [0.4, 0.5) is 5.69 Å². The van der Waals surface area contributed by atoms with Gasteiger partial charge in [0.25, 0.3) is 9.04 Å². The van der Waals surface area contributed by atoms with Gasteiger partial charge in [0, 0.05) is 0 Å². The van der Waals surface area contributed by atoms with E-state index < -0.39 is 9.04 Å². The van der Waals surface area contributed by atoms with Crippen LogP contribution in [0.2, 0.25) is 13.1 Å². The fraction of sp³-hybridized carbons (Fsp3) is 0.312. The quantitative estimate of drug-likeness (QED) is 0.566. The first-order valence-electron chi connectivity index (χ1n) is 6.66. The Bertz CT molecular complexity index is 631. The second-order valence-corrected chi connectivity index (χ2v) is 8.05. The van der Waals surface area contributed by atoms with Crippen molar-refractivity contribution >= 4 is 31.8 Å². The number of rotatable bonds is 4. The molecule has 0 unspecified atom stereocenters. The van der Waals surface area contributed by atoms with Gasteiger partial charge in [-0.05, 0) is 68.6 Å². The average Bonchev–Trinajstić information content (AvgIpc) is 2.78. The summed E-state index contributed by atoms with van der Waals surface area (Å²) in [5, 5.41) is 2.11. The molecule has 0 aliphatic carbocycles. The summed E-state index contributed by atoms with van der Waals surface area (Å²) < 4.78 is 5.97. The first-order chi connectivity index (χ1) is 9.47. The number of benzene rings is 1. The number of aliphatic imine (C=N–C) groups is 1. The van der Waals surface area contributed by atoms with Crippen LogP contribution in [0, 0.1) is 13.8 Å². The minimum atomic E-state index is -0.789. The predicted octanol–water partition coefficient (Wildman–Crippen LogP) is 5.14. The molecule has 0 bridgehead atoms. The van der Waals surface area contributed by atoms with Gasteiger partial charge in [-0.3, -0.25) is 0 Å². The van der Waals surface area contributed by atoms with Gasteiger partial charge in [0.1, 0.15) is 11.4 Å². The summed E-state index contributed by atoms with van der Waals surface area (Å²) in [6.07, 6.45) is 0. The van der Waals surface area contributed by atoms with Crippen molar-refractivity contribution in [3.05, 3.63) is 45.6 Å². The Labute approximate surface area is 126 Å². The monoisotopic (exact) mass is 302 g/mol. The molecule has 0 aliphatic rings. The van der Waals surface area contributed by atoms with E-state index in [-0.39, 0.29) is 0 Å². The molecule has 0 N–H and O–H groups in total. The first kappa shape index (κ1) is 15.0. The van der Waals surface area contributed by atoms with Gasteiger partial charge in [-0.15, -0.1) is 11.3 Å². The van der Waals surface area contributed by atoms with Crippen molar-refractivity contribution in [1.82, 2.24) is 0 Å². The Morgan fingerprint density at radius 3 is 2.55 bits per heavy atom. The number of hydrogen-bond donors (Lipinski definition) is 0. The summed E-state index contributed by atoms with van der Waals surface area (Å²) in [5.41, 5.74) is 4.45. The second kappa shape index (κ2) is 6.37. The van der Waals surface area contributed by atoms with Crippen molar-refractivity contribution in [1.29, 1.82) is 0 Å². The SMILES string of the molecule is CC(=Nc1ccc(C)cc1O[Si](C)C)c1sccc1C. The van der Waals surface area contributed by atoms with Gasteiger partial charge in [0.05, 0.1) is 10.6 Å². The minimum Gasteiger partial charge on any atom is -0.541 e. The van der Waals surface area contributed by atoms with Crippen LogP contribution in [0.3, 0.4) is 0 Å². The largest absolute Gasteiger partial charge is 0.541 e. The average molecular weight is 302 g/mol. The fourth-order valence-electron chi connectivity index (χ4n) is 1.99. The van der Waals surface area contributed by atoms with Gasteiger partial charge < -0.3 is 4.43 Å². The van der Waals surface area contributed by atoms with Crippen molar-refractivity contribution in [2.75, 3.05) is 0 Å². The van der Waals surface area contributed by atoms with Crippen LogP contribution >= 0.6 is 11.3 Å². The van der Waals surface area contributed by atoms with Gasteiger partial charge in [0.2, 0.25) is 0 Å². The number of aryl methyl sites for hydroxylation is 2. The zero-order chi connectivity index (χ0) is 14.7. The third-order valence-electron chi connectivity index (χ3n) is 2.91. The zero-order valence-corrected chi connectivity index (χ0v) is 14.5. The maximum Gasteiger partial charge on any atom is 0.274 e. The highest BCUT2D eigenvalue weighted by molar-refractivity contribution is 7.12. The molecule has 0 saturated heterocycles. The maximum absolute atomic E-state index is 5.97. The Morgan fingerprint density at radius 1 is 1.20 bits per heavy atom. The number of hydrogen-bond acceptors (Lipinski definition) is 3. The molecule has 0 aliphatic heterocycles. The fourth-order valence-corrected chi connectivity index (χ4v) is 3.47. The van der Waals surface area contributed by atoms with E-state index in [0.717, 1.165) is 17.1 Å². The molecule has 105 valence electrons. The van der Waals surface area contributed by atoms with Crippen LogP contribution in [0.25, 0.3) is 0 Å². The van der Waals surface area contributed by atoms with E-state index in [4.69, 9.17) is 9.42 Å². The molecule has 2 rings (SSSR count). The molecule has 0 fully saturated rings. The van der Waals surface area contributed by atoms with E-state index in [1.54, 1.807) is 11.3 Å². The Balaban J connectivity index is 2.40. The van der Waals surface area contributed by atoms with E-state index in [1.165, 1.54) is 16.0 Å². The first-order valence-corrected chi connectivity index (χ1v) is 9.94. The highest BCUT2D eigenvalue weighted by Crippen LogP contribution is 2.30. The molecule has 0 atom stereocenters. The van der Waals surface area contributed by atoms with Crippen LogP contribution in [0.15, 0.2) is 34.6 Å². The third kappa shape index (κ3) is 3.58. The highest BCUT2D eigenvalue weighted by atomic mass is 32.1. The molecule has 1 heterocycles. The predicted molar refractivity (Wildman–Crippen MR) is 90.2 cm³/mol. The van der Waals surface area contributed by atoms with E-state index in [1.807, 2.05) is 6.07 Å². The van der Waals surface area contributed by atoms with Gasteiger partial charge in [0.15, 0.2) is 0 Å². The molecule has 0 amide bonds. The van der Waals surface area contributed by atoms with Gasteiger partial charge in [-0.2, -0.15) is 0 Å². The van der Waals surface area contributed by atoms with Gasteiger partial charge in [-0.1, -0.05) is 6.07 Å². The molecule has 1 radical (unpaired) electrons. The lowest BCUT2D eigenvalue weighted by Crippen LogP contribution is -2.11. The van der Waals surface area contributed by atoms with Gasteiger partial charge >= 0.3 is 0 Å². The molecule has 4 heteroatoms. The van der Waals surface area contributed by atoms with E-state index in [0.29, 0.717) is 0 Å². The summed E-state index contributed by atoms with van der Waals surface area (Å²) >= 11 is 1.73. The van der Waals surface area contributed by atoms with E-state index in [9.17, 15) is 0 Å². The summed E-state index contributed by atoms with van der Waals surface area (Å²) in [6.45, 7) is 10.5. The molecular weight excluding hydrogens is 282 g/mol. The Hall–Kier alpha value is -1.39. The van der Waals surface area contributed by atoms with Crippen molar-refractivity contribution in [3.63, 3.8) is 0 Å². The molecule has 1 aromatic carbocycles. The van der Waals surface area contributed by atoms with Crippen LogP contribution in [-0.4, -0.2) is 14.8 Å². The third-order valence-corrected chi connectivity index (χ3v) is 4.66. The lowest BCUT2D eigenvalue weighted by molar-refractivity contribution is 0.581. The van der Waals surface area contributed by atoms with Crippen LogP contribution in [-0.2, 0) is 0 Å². The van der Waals surface area contributed by atoms with Crippen molar-refractivity contribution in [2.45, 2.75) is 33.9 Å². The maximum atomic E-state index is 5.97.